The Hall–Kier alpha value is -3.32. The van der Waals surface area contributed by atoms with Crippen LogP contribution in [0.5, 0.6) is 5.75 Å². The first kappa shape index (κ1) is 21.4. The summed E-state index contributed by atoms with van der Waals surface area (Å²) in [6, 6.07) is 20.5. The first-order valence-electron chi connectivity index (χ1n) is 9.36. The smallest absolute Gasteiger partial charge is 0.261 e. The number of anilines is 1. The Kier molecular flexibility index (Phi) is 6.42. The van der Waals surface area contributed by atoms with Gasteiger partial charge in [0.05, 0.1) is 12.0 Å². The molecule has 156 valence electrons. The molecule has 0 fully saturated rings. The number of nitrogens with zero attached hydrogens (tertiary/aromatic N) is 1. The van der Waals surface area contributed by atoms with E-state index in [1.807, 2.05) is 31.2 Å². The Morgan fingerprint density at radius 2 is 1.53 bits per heavy atom. The van der Waals surface area contributed by atoms with E-state index < -0.39 is 10.0 Å². The summed E-state index contributed by atoms with van der Waals surface area (Å²) in [4.78, 5) is 14.4. The molecule has 0 atom stereocenters. The number of sulfonamides is 1. The minimum atomic E-state index is -3.73. The molecule has 0 spiro atoms. The van der Waals surface area contributed by atoms with E-state index in [4.69, 9.17) is 4.74 Å². The minimum absolute atomic E-state index is 0.126. The lowest BCUT2D eigenvalue weighted by atomic mass is 10.1. The second kappa shape index (κ2) is 9.00. The highest BCUT2D eigenvalue weighted by Crippen LogP contribution is 2.20. The van der Waals surface area contributed by atoms with Crippen molar-refractivity contribution in [3.8, 4) is 5.75 Å². The van der Waals surface area contributed by atoms with Crippen LogP contribution in [0.25, 0.3) is 0 Å². The third kappa shape index (κ3) is 5.18. The van der Waals surface area contributed by atoms with Crippen molar-refractivity contribution in [2.75, 3.05) is 18.9 Å². The Morgan fingerprint density at radius 3 is 2.10 bits per heavy atom. The zero-order valence-electron chi connectivity index (χ0n) is 17.1. The van der Waals surface area contributed by atoms with Crippen LogP contribution in [0, 0.1) is 6.92 Å². The van der Waals surface area contributed by atoms with Gasteiger partial charge in [-0.25, -0.2) is 8.42 Å². The highest BCUT2D eigenvalue weighted by Gasteiger charge is 2.16. The first-order chi connectivity index (χ1) is 14.3. The monoisotopic (exact) mass is 424 g/mol. The normalized spacial score (nSPS) is 11.0. The number of carbonyl (C=O) groups excluding carboxylic acids is 1. The van der Waals surface area contributed by atoms with Crippen molar-refractivity contribution in [3.05, 3.63) is 89.5 Å². The van der Waals surface area contributed by atoms with E-state index in [0.29, 0.717) is 23.5 Å². The number of methoxy groups -OCH3 is 1. The van der Waals surface area contributed by atoms with Gasteiger partial charge in [0.25, 0.3) is 15.9 Å². The molecule has 0 heterocycles. The van der Waals surface area contributed by atoms with Crippen molar-refractivity contribution < 1.29 is 17.9 Å². The Labute approximate surface area is 177 Å². The summed E-state index contributed by atoms with van der Waals surface area (Å²) in [7, 11) is -0.478. The highest BCUT2D eigenvalue weighted by atomic mass is 32.2. The quantitative estimate of drug-likeness (QED) is 0.620. The average Bonchev–Trinajstić information content (AvgIpc) is 2.75. The van der Waals surface area contributed by atoms with E-state index in [-0.39, 0.29) is 10.8 Å². The maximum atomic E-state index is 12.7. The fourth-order valence-corrected chi connectivity index (χ4v) is 3.97. The molecule has 0 aliphatic rings. The van der Waals surface area contributed by atoms with Crippen LogP contribution in [-0.4, -0.2) is 33.4 Å². The lowest BCUT2D eigenvalue weighted by Crippen LogP contribution is -2.26. The van der Waals surface area contributed by atoms with Gasteiger partial charge in [0, 0.05) is 24.8 Å². The second-order valence-corrected chi connectivity index (χ2v) is 8.69. The van der Waals surface area contributed by atoms with Crippen molar-refractivity contribution in [1.82, 2.24) is 4.90 Å². The molecule has 6 nitrogen and oxygen atoms in total. The second-order valence-electron chi connectivity index (χ2n) is 7.01. The fourth-order valence-electron chi connectivity index (χ4n) is 2.91. The molecule has 3 rings (SSSR count). The number of nitrogens with one attached hydrogen (secondary N) is 1. The fraction of sp³-hybridized carbons (Fsp3) is 0.174. The van der Waals surface area contributed by atoms with Gasteiger partial charge in [-0.15, -0.1) is 0 Å². The summed E-state index contributed by atoms with van der Waals surface area (Å²) in [6.07, 6.45) is 0. The number of rotatable bonds is 7. The maximum absolute atomic E-state index is 12.7. The van der Waals surface area contributed by atoms with Crippen LogP contribution in [0.2, 0.25) is 0 Å². The van der Waals surface area contributed by atoms with Gasteiger partial charge < -0.3 is 9.64 Å². The van der Waals surface area contributed by atoms with Crippen LogP contribution in [0.4, 0.5) is 5.69 Å². The zero-order valence-corrected chi connectivity index (χ0v) is 17.9. The van der Waals surface area contributed by atoms with E-state index in [1.165, 1.54) is 24.8 Å². The standard InChI is InChI=1S/C23H24N2O4S/c1-17-4-6-18(7-5-17)16-25(2)23(26)19-8-10-20(11-9-19)24-30(27,28)22-14-12-21(29-3)13-15-22/h4-15,24H,16H2,1-3H3. The van der Waals surface area contributed by atoms with E-state index >= 15 is 0 Å². The van der Waals surface area contributed by atoms with Crippen molar-refractivity contribution in [1.29, 1.82) is 0 Å². The molecule has 3 aromatic rings. The predicted octanol–water partition coefficient (Wildman–Crippen LogP) is 4.08. The Balaban J connectivity index is 1.67. The number of carbonyl (C=O) groups is 1. The zero-order chi connectivity index (χ0) is 21.7. The topological polar surface area (TPSA) is 75.7 Å². The van der Waals surface area contributed by atoms with Crippen molar-refractivity contribution in [2.45, 2.75) is 18.4 Å². The summed E-state index contributed by atoms with van der Waals surface area (Å²) < 4.78 is 32.6. The lowest BCUT2D eigenvalue weighted by molar-refractivity contribution is 0.0785. The summed E-state index contributed by atoms with van der Waals surface area (Å²) in [5, 5.41) is 0. The molecule has 1 amide bonds. The SMILES string of the molecule is COc1ccc(S(=O)(=O)Nc2ccc(C(=O)N(C)Cc3ccc(C)cc3)cc2)cc1. The molecule has 0 aromatic heterocycles. The van der Waals surface area contributed by atoms with Crippen molar-refractivity contribution >= 4 is 21.6 Å². The molecule has 0 saturated carbocycles. The Bertz CT molecular complexity index is 1110. The van der Waals surface area contributed by atoms with Crippen LogP contribution in [0.3, 0.4) is 0 Å². The van der Waals surface area contributed by atoms with Gasteiger partial charge in [-0.2, -0.15) is 0 Å². The number of benzene rings is 3. The van der Waals surface area contributed by atoms with Gasteiger partial charge >= 0.3 is 0 Å². The van der Waals surface area contributed by atoms with E-state index in [1.54, 1.807) is 48.3 Å². The van der Waals surface area contributed by atoms with Crippen LogP contribution in [0.15, 0.2) is 77.7 Å². The summed E-state index contributed by atoms with van der Waals surface area (Å²) in [5.74, 6) is 0.437. The van der Waals surface area contributed by atoms with Gasteiger partial charge in [-0.3, -0.25) is 9.52 Å². The van der Waals surface area contributed by atoms with E-state index in [0.717, 1.165) is 5.56 Å². The number of amides is 1. The molecule has 0 saturated heterocycles. The highest BCUT2D eigenvalue weighted by molar-refractivity contribution is 7.92. The largest absolute Gasteiger partial charge is 0.497 e. The van der Waals surface area contributed by atoms with Crippen LogP contribution < -0.4 is 9.46 Å². The third-order valence-corrected chi connectivity index (χ3v) is 6.04. The molecule has 7 heteroatoms. The summed E-state index contributed by atoms with van der Waals surface area (Å²) >= 11 is 0. The maximum Gasteiger partial charge on any atom is 0.261 e. The van der Waals surface area contributed by atoms with Gasteiger partial charge in [0.1, 0.15) is 5.75 Å². The van der Waals surface area contributed by atoms with E-state index in [9.17, 15) is 13.2 Å². The number of ether oxygens (including phenoxy) is 1. The van der Waals surface area contributed by atoms with Crippen molar-refractivity contribution in [2.24, 2.45) is 0 Å². The number of hydrogen-bond donors (Lipinski definition) is 1. The van der Waals surface area contributed by atoms with Gasteiger partial charge in [-0.05, 0) is 61.0 Å². The predicted molar refractivity (Wildman–Crippen MR) is 117 cm³/mol. The van der Waals surface area contributed by atoms with Crippen LogP contribution >= 0.6 is 0 Å². The molecule has 3 aromatic carbocycles. The first-order valence-corrected chi connectivity index (χ1v) is 10.8. The third-order valence-electron chi connectivity index (χ3n) is 4.64. The summed E-state index contributed by atoms with van der Waals surface area (Å²) in [5.41, 5.74) is 3.07. The molecule has 0 radical (unpaired) electrons. The average molecular weight is 425 g/mol. The molecule has 30 heavy (non-hydrogen) atoms. The van der Waals surface area contributed by atoms with Gasteiger partial charge in [0.15, 0.2) is 0 Å². The van der Waals surface area contributed by atoms with Gasteiger partial charge in [0.2, 0.25) is 0 Å². The summed E-state index contributed by atoms with van der Waals surface area (Å²) in [6.45, 7) is 2.51. The molecule has 0 unspecified atom stereocenters. The lowest BCUT2D eigenvalue weighted by Gasteiger charge is -2.18. The molecule has 1 N–H and O–H groups in total. The Morgan fingerprint density at radius 1 is 0.933 bits per heavy atom. The van der Waals surface area contributed by atoms with Crippen LogP contribution in [0.1, 0.15) is 21.5 Å². The number of aryl methyl sites for hydroxylation is 1. The molecular weight excluding hydrogens is 400 g/mol. The number of hydrogen-bond acceptors (Lipinski definition) is 4. The molecule has 0 aliphatic carbocycles. The molecule has 0 aliphatic heterocycles. The van der Waals surface area contributed by atoms with E-state index in [2.05, 4.69) is 4.72 Å². The molecular formula is C23H24N2O4S. The van der Waals surface area contributed by atoms with Crippen LogP contribution in [-0.2, 0) is 16.6 Å². The van der Waals surface area contributed by atoms with Crippen molar-refractivity contribution in [3.63, 3.8) is 0 Å². The molecule has 0 bridgehead atoms. The van der Waals surface area contributed by atoms with Gasteiger partial charge in [-0.1, -0.05) is 29.8 Å². The minimum Gasteiger partial charge on any atom is -0.497 e.